The normalized spacial score (nSPS) is 11.0. The summed E-state index contributed by atoms with van der Waals surface area (Å²) in [5.41, 5.74) is 0.411. The molecule has 0 aromatic heterocycles. The van der Waals surface area contributed by atoms with Gasteiger partial charge in [0, 0.05) is 29.6 Å². The molecule has 0 aliphatic heterocycles. The topological polar surface area (TPSA) is 58.9 Å². The smallest absolute Gasteiger partial charge is 0.411 e. The summed E-state index contributed by atoms with van der Waals surface area (Å²) in [6.45, 7) is 1.69. The van der Waals surface area contributed by atoms with Crippen LogP contribution in [0.1, 0.15) is 6.92 Å². The van der Waals surface area contributed by atoms with E-state index in [0.717, 1.165) is 0 Å². The summed E-state index contributed by atoms with van der Waals surface area (Å²) in [4.78, 5) is 0. The van der Waals surface area contributed by atoms with Crippen molar-refractivity contribution in [2.24, 2.45) is 5.16 Å². The number of oxime groups is 1. The average molecular weight is 159 g/mol. The van der Waals surface area contributed by atoms with Crippen LogP contribution in [0.5, 0.6) is 0 Å². The summed E-state index contributed by atoms with van der Waals surface area (Å²) in [7, 11) is -0.788. The minimum atomic E-state index is -0.788. The van der Waals surface area contributed by atoms with Crippen LogP contribution in [0.2, 0.25) is 0 Å². The maximum absolute atomic E-state index is 9.62. The van der Waals surface area contributed by atoms with Crippen molar-refractivity contribution in [3.63, 3.8) is 0 Å². The van der Waals surface area contributed by atoms with Gasteiger partial charge in [-0.05, 0) is 11.5 Å². The first kappa shape index (κ1) is 12.2. The van der Waals surface area contributed by atoms with Gasteiger partial charge in [0.05, 0.1) is 5.71 Å². The van der Waals surface area contributed by atoms with Gasteiger partial charge in [0.1, 0.15) is 6.61 Å². The SMILES string of the molecule is CC(CO[PH+]=O)=NO.[Na]. The van der Waals surface area contributed by atoms with Gasteiger partial charge in [0.25, 0.3) is 0 Å². The summed E-state index contributed by atoms with van der Waals surface area (Å²) >= 11 is 0. The first-order chi connectivity index (χ1) is 3.81. The van der Waals surface area contributed by atoms with E-state index in [1.54, 1.807) is 6.92 Å². The Balaban J connectivity index is 0. The minimum absolute atomic E-state index is 0. The summed E-state index contributed by atoms with van der Waals surface area (Å²) < 4.78 is 14.0. The van der Waals surface area contributed by atoms with E-state index in [4.69, 9.17) is 5.21 Å². The van der Waals surface area contributed by atoms with Crippen molar-refractivity contribution in [3.8, 4) is 0 Å². The van der Waals surface area contributed by atoms with Gasteiger partial charge in [-0.1, -0.05) is 5.16 Å². The molecule has 0 saturated heterocycles. The van der Waals surface area contributed by atoms with Crippen molar-refractivity contribution < 1.29 is 14.3 Å². The number of rotatable bonds is 3. The van der Waals surface area contributed by atoms with E-state index in [1.165, 1.54) is 0 Å². The monoisotopic (exact) mass is 159 g/mol. The molecule has 1 radical (unpaired) electrons. The van der Waals surface area contributed by atoms with E-state index in [2.05, 4.69) is 9.68 Å². The zero-order valence-electron chi connectivity index (χ0n) is 5.42. The second-order valence-corrected chi connectivity index (χ2v) is 1.66. The quantitative estimate of drug-likeness (QED) is 0.213. The van der Waals surface area contributed by atoms with Crippen LogP contribution < -0.4 is 0 Å². The second-order valence-electron chi connectivity index (χ2n) is 1.21. The van der Waals surface area contributed by atoms with Gasteiger partial charge in [-0.2, -0.15) is 0 Å². The fraction of sp³-hybridized carbons (Fsp3) is 0.667. The van der Waals surface area contributed by atoms with Crippen molar-refractivity contribution in [1.29, 1.82) is 0 Å². The molecular weight excluding hydrogens is 152 g/mol. The molecule has 0 aromatic carbocycles. The molecule has 0 spiro atoms. The molecule has 0 fully saturated rings. The van der Waals surface area contributed by atoms with E-state index in [1.807, 2.05) is 0 Å². The number of hydrogen-bond donors (Lipinski definition) is 1. The summed E-state index contributed by atoms with van der Waals surface area (Å²) in [6.07, 6.45) is 0. The van der Waals surface area contributed by atoms with Crippen molar-refractivity contribution in [1.82, 2.24) is 0 Å². The fourth-order valence-electron chi connectivity index (χ4n) is 0.163. The molecule has 0 aliphatic rings. The van der Waals surface area contributed by atoms with Crippen molar-refractivity contribution >= 4 is 44.0 Å². The Kier molecular flexibility index (Phi) is 11.6. The first-order valence-electron chi connectivity index (χ1n) is 1.97. The molecule has 0 aromatic rings. The van der Waals surface area contributed by atoms with Crippen LogP contribution in [0, 0.1) is 0 Å². The van der Waals surface area contributed by atoms with E-state index in [-0.39, 0.29) is 36.2 Å². The molecule has 47 valence electrons. The van der Waals surface area contributed by atoms with Gasteiger partial charge in [-0.25, -0.2) is 0 Å². The molecule has 9 heavy (non-hydrogen) atoms. The molecule has 0 aliphatic carbocycles. The maximum atomic E-state index is 9.62. The summed E-state index contributed by atoms with van der Waals surface area (Å²) in [5.74, 6) is 0. The third-order valence-corrected chi connectivity index (χ3v) is 0.773. The molecule has 1 N–H and O–H groups in total. The van der Waals surface area contributed by atoms with Gasteiger partial charge in [0.2, 0.25) is 0 Å². The standard InChI is InChI=1S/C3H6NO3P.Na/c1-3(4-5)2-7-8-6;/h8H,2H2,1H3;/p+1. The summed E-state index contributed by atoms with van der Waals surface area (Å²) in [5, 5.41) is 10.8. The Morgan fingerprint density at radius 3 is 2.78 bits per heavy atom. The van der Waals surface area contributed by atoms with Gasteiger partial charge >= 0.3 is 8.69 Å². The van der Waals surface area contributed by atoms with Crippen molar-refractivity contribution in [3.05, 3.63) is 0 Å². The Hall–Kier alpha value is 0.530. The molecule has 1 unspecified atom stereocenters. The maximum Gasteiger partial charge on any atom is 0.494 e. The molecule has 6 heteroatoms. The van der Waals surface area contributed by atoms with Crippen LogP contribution in [-0.2, 0) is 9.09 Å². The van der Waals surface area contributed by atoms with Gasteiger partial charge in [-0.15, -0.1) is 4.52 Å². The van der Waals surface area contributed by atoms with E-state index in [9.17, 15) is 4.57 Å². The molecule has 0 saturated carbocycles. The van der Waals surface area contributed by atoms with Crippen LogP contribution in [-0.4, -0.2) is 47.1 Å². The third-order valence-electron chi connectivity index (χ3n) is 0.511. The largest absolute Gasteiger partial charge is 0.494 e. The Bertz CT molecular complexity index is 107. The van der Waals surface area contributed by atoms with Crippen molar-refractivity contribution in [2.45, 2.75) is 6.92 Å². The van der Waals surface area contributed by atoms with Crippen LogP contribution in [0.25, 0.3) is 0 Å². The third kappa shape index (κ3) is 8.53. The predicted octanol–water partition coefficient (Wildman–Crippen LogP) is 0.411. The van der Waals surface area contributed by atoms with Gasteiger partial charge < -0.3 is 5.21 Å². The molecule has 1 atom stereocenters. The minimum Gasteiger partial charge on any atom is -0.411 e. The van der Waals surface area contributed by atoms with Gasteiger partial charge in [-0.3, -0.25) is 0 Å². The van der Waals surface area contributed by atoms with Crippen LogP contribution in [0.3, 0.4) is 0 Å². The molecule has 0 heterocycles. The molecule has 0 rings (SSSR count). The van der Waals surface area contributed by atoms with Crippen molar-refractivity contribution in [2.75, 3.05) is 6.61 Å². The second kappa shape index (κ2) is 8.53. The fourth-order valence-corrected chi connectivity index (χ4v) is 0.431. The first-order valence-corrected chi connectivity index (χ1v) is 2.79. The zero-order chi connectivity index (χ0) is 6.41. The molecule has 0 amide bonds. The predicted molar refractivity (Wildman–Crippen MR) is 35.6 cm³/mol. The van der Waals surface area contributed by atoms with E-state index >= 15 is 0 Å². The molecule has 0 bridgehead atoms. The Labute approximate surface area is 76.8 Å². The average Bonchev–Trinajstić information content (AvgIpc) is 1.83. The van der Waals surface area contributed by atoms with Gasteiger partial charge in [0.15, 0.2) is 0 Å². The molecular formula is C3H7NNaO3P+. The van der Waals surface area contributed by atoms with Crippen LogP contribution in [0.15, 0.2) is 5.16 Å². The number of hydrogen-bond acceptors (Lipinski definition) is 4. The zero-order valence-corrected chi connectivity index (χ0v) is 8.42. The molecule has 4 nitrogen and oxygen atoms in total. The van der Waals surface area contributed by atoms with Crippen LogP contribution >= 0.6 is 8.69 Å². The Morgan fingerprint density at radius 1 is 1.89 bits per heavy atom. The summed E-state index contributed by atoms with van der Waals surface area (Å²) in [6, 6.07) is 0. The van der Waals surface area contributed by atoms with E-state index in [0.29, 0.717) is 5.71 Å². The Morgan fingerprint density at radius 2 is 2.44 bits per heavy atom. The van der Waals surface area contributed by atoms with Crippen LogP contribution in [0.4, 0.5) is 0 Å². The number of nitrogens with zero attached hydrogens (tertiary/aromatic N) is 1. The van der Waals surface area contributed by atoms with E-state index < -0.39 is 8.69 Å².